The summed E-state index contributed by atoms with van der Waals surface area (Å²) < 4.78 is 37.8. The van der Waals surface area contributed by atoms with Gasteiger partial charge in [-0.15, -0.1) is 0 Å². The monoisotopic (exact) mass is 312 g/mol. The molecule has 2 aromatic rings. The first-order valence-electron chi connectivity index (χ1n) is 6.15. The number of nitrogens with one attached hydrogen (secondary N) is 1. The van der Waals surface area contributed by atoms with E-state index in [2.05, 4.69) is 5.32 Å². The molecule has 5 nitrogen and oxygen atoms in total. The summed E-state index contributed by atoms with van der Waals surface area (Å²) >= 11 is 0. The van der Waals surface area contributed by atoms with Crippen molar-refractivity contribution in [2.75, 3.05) is 5.32 Å². The van der Waals surface area contributed by atoms with Gasteiger partial charge in [0.15, 0.2) is 0 Å². The first-order chi connectivity index (χ1) is 10.3. The summed E-state index contributed by atoms with van der Waals surface area (Å²) in [5, 5.41) is 23.0. The average Bonchev–Trinajstić information content (AvgIpc) is 2.45. The first kappa shape index (κ1) is 15.6. The third-order valence-electron chi connectivity index (χ3n) is 2.95. The molecule has 0 saturated carbocycles. The van der Waals surface area contributed by atoms with E-state index >= 15 is 0 Å². The highest BCUT2D eigenvalue weighted by molar-refractivity contribution is 5.49. The molecule has 0 saturated heterocycles. The topological polar surface area (TPSA) is 75.4 Å². The number of halogens is 3. The van der Waals surface area contributed by atoms with Gasteiger partial charge in [-0.05, 0) is 24.3 Å². The van der Waals surface area contributed by atoms with E-state index in [1.807, 2.05) is 0 Å². The van der Waals surface area contributed by atoms with Gasteiger partial charge in [-0.2, -0.15) is 13.2 Å². The number of rotatable bonds is 4. The predicted octanol–water partition coefficient (Wildman–Crippen LogP) is 3.93. The van der Waals surface area contributed by atoms with Gasteiger partial charge in [0.2, 0.25) is 0 Å². The van der Waals surface area contributed by atoms with Gasteiger partial charge in [0.1, 0.15) is 5.75 Å². The number of aromatic hydroxyl groups is 1. The lowest BCUT2D eigenvalue weighted by atomic mass is 10.1. The zero-order valence-electron chi connectivity index (χ0n) is 11.1. The van der Waals surface area contributed by atoms with Crippen LogP contribution in [0.25, 0.3) is 0 Å². The Morgan fingerprint density at radius 2 is 1.91 bits per heavy atom. The molecule has 116 valence electrons. The van der Waals surface area contributed by atoms with Gasteiger partial charge in [-0.25, -0.2) is 0 Å². The molecule has 8 heteroatoms. The van der Waals surface area contributed by atoms with E-state index < -0.39 is 16.7 Å². The number of anilines is 1. The van der Waals surface area contributed by atoms with Gasteiger partial charge < -0.3 is 10.4 Å². The van der Waals surface area contributed by atoms with Crippen molar-refractivity contribution in [2.24, 2.45) is 0 Å². The summed E-state index contributed by atoms with van der Waals surface area (Å²) in [6.45, 7) is -0.0468. The number of nitro groups is 1. The molecule has 0 amide bonds. The molecule has 0 fully saturated rings. The Morgan fingerprint density at radius 1 is 1.18 bits per heavy atom. The van der Waals surface area contributed by atoms with Crippen molar-refractivity contribution in [2.45, 2.75) is 12.7 Å². The molecule has 0 atom stereocenters. The van der Waals surface area contributed by atoms with Crippen molar-refractivity contribution in [3.05, 3.63) is 63.7 Å². The minimum Gasteiger partial charge on any atom is -0.508 e. The molecule has 22 heavy (non-hydrogen) atoms. The number of non-ortho nitro benzene ring substituents is 1. The normalized spacial score (nSPS) is 11.2. The molecule has 0 aromatic heterocycles. The van der Waals surface area contributed by atoms with E-state index in [0.29, 0.717) is 0 Å². The summed E-state index contributed by atoms with van der Waals surface area (Å²) in [4.78, 5) is 10.1. The SMILES string of the molecule is O=[N+]([O-])c1ccc(O)c(CNc2cccc(C(F)(F)F)c2)c1. The van der Waals surface area contributed by atoms with E-state index in [4.69, 9.17) is 0 Å². The maximum absolute atomic E-state index is 12.6. The molecular formula is C14H11F3N2O3. The standard InChI is InChI=1S/C14H11F3N2O3/c15-14(16,17)10-2-1-3-11(7-10)18-8-9-6-12(19(21)22)4-5-13(9)20/h1-7,18,20H,8H2. The third kappa shape index (κ3) is 3.66. The summed E-state index contributed by atoms with van der Waals surface area (Å²) in [6, 6.07) is 8.02. The van der Waals surface area contributed by atoms with Crippen LogP contribution in [0.2, 0.25) is 0 Å². The fraction of sp³-hybridized carbons (Fsp3) is 0.143. The molecule has 0 spiro atoms. The van der Waals surface area contributed by atoms with Crippen LogP contribution >= 0.6 is 0 Å². The smallest absolute Gasteiger partial charge is 0.416 e. The number of phenols is 1. The van der Waals surface area contributed by atoms with Crippen LogP contribution in [0.4, 0.5) is 24.5 Å². The van der Waals surface area contributed by atoms with Gasteiger partial charge >= 0.3 is 6.18 Å². The molecule has 0 radical (unpaired) electrons. The summed E-state index contributed by atoms with van der Waals surface area (Å²) in [5.41, 5.74) is -0.605. The summed E-state index contributed by atoms with van der Waals surface area (Å²) in [5.74, 6) is -0.176. The molecule has 0 heterocycles. The van der Waals surface area contributed by atoms with Crippen LogP contribution in [0, 0.1) is 10.1 Å². The number of nitro benzene ring substituents is 1. The number of hydrogen-bond acceptors (Lipinski definition) is 4. The van der Waals surface area contributed by atoms with Crippen LogP contribution in [0.1, 0.15) is 11.1 Å². The van der Waals surface area contributed by atoms with Crippen molar-refractivity contribution in [3.8, 4) is 5.75 Å². The highest BCUT2D eigenvalue weighted by atomic mass is 19.4. The fourth-order valence-corrected chi connectivity index (χ4v) is 1.83. The zero-order valence-corrected chi connectivity index (χ0v) is 11.1. The molecule has 0 aliphatic carbocycles. The summed E-state index contributed by atoms with van der Waals surface area (Å²) in [6.07, 6.45) is -4.45. The van der Waals surface area contributed by atoms with Crippen molar-refractivity contribution in [1.82, 2.24) is 0 Å². The Labute approximate surface area is 123 Å². The Kier molecular flexibility index (Phi) is 4.20. The molecular weight excluding hydrogens is 301 g/mol. The number of nitrogens with zero attached hydrogens (tertiary/aromatic N) is 1. The van der Waals surface area contributed by atoms with Crippen molar-refractivity contribution in [3.63, 3.8) is 0 Å². The van der Waals surface area contributed by atoms with Crippen LogP contribution in [-0.2, 0) is 12.7 Å². The van der Waals surface area contributed by atoms with E-state index in [1.54, 1.807) is 0 Å². The maximum Gasteiger partial charge on any atom is 0.416 e. The van der Waals surface area contributed by atoms with Gasteiger partial charge in [-0.1, -0.05) is 6.07 Å². The minimum absolute atomic E-state index is 0.0468. The van der Waals surface area contributed by atoms with Gasteiger partial charge in [0.05, 0.1) is 10.5 Å². The predicted molar refractivity (Wildman–Crippen MR) is 73.5 cm³/mol. The number of phenolic OH excluding ortho intramolecular Hbond substituents is 1. The molecule has 2 rings (SSSR count). The van der Waals surface area contributed by atoms with Crippen LogP contribution in [0.15, 0.2) is 42.5 Å². The lowest BCUT2D eigenvalue weighted by molar-refractivity contribution is -0.384. The Morgan fingerprint density at radius 3 is 2.55 bits per heavy atom. The lowest BCUT2D eigenvalue weighted by Gasteiger charge is -2.11. The number of hydrogen-bond donors (Lipinski definition) is 2. The zero-order chi connectivity index (χ0) is 16.3. The average molecular weight is 312 g/mol. The van der Waals surface area contributed by atoms with Crippen LogP contribution in [-0.4, -0.2) is 10.0 Å². The Bertz CT molecular complexity index is 702. The quantitative estimate of drug-likeness (QED) is 0.662. The van der Waals surface area contributed by atoms with Crippen LogP contribution in [0.5, 0.6) is 5.75 Å². The molecule has 2 aromatic carbocycles. The van der Waals surface area contributed by atoms with E-state index in [9.17, 15) is 28.4 Å². The second-order valence-corrected chi connectivity index (χ2v) is 4.50. The van der Waals surface area contributed by atoms with Crippen LogP contribution < -0.4 is 5.32 Å². The van der Waals surface area contributed by atoms with E-state index in [-0.39, 0.29) is 29.2 Å². The van der Waals surface area contributed by atoms with Crippen molar-refractivity contribution < 1.29 is 23.2 Å². The van der Waals surface area contributed by atoms with Gasteiger partial charge in [-0.3, -0.25) is 10.1 Å². The third-order valence-corrected chi connectivity index (χ3v) is 2.95. The van der Waals surface area contributed by atoms with Gasteiger partial charge in [0, 0.05) is 29.9 Å². The number of alkyl halides is 3. The lowest BCUT2D eigenvalue weighted by Crippen LogP contribution is -2.06. The Hall–Kier alpha value is -2.77. The Balaban J connectivity index is 2.17. The maximum atomic E-state index is 12.6. The minimum atomic E-state index is -4.45. The molecule has 0 bridgehead atoms. The van der Waals surface area contributed by atoms with Gasteiger partial charge in [0.25, 0.3) is 5.69 Å². The highest BCUT2D eigenvalue weighted by Gasteiger charge is 2.30. The molecule has 2 N–H and O–H groups in total. The molecule has 0 aliphatic rings. The van der Waals surface area contributed by atoms with Crippen molar-refractivity contribution in [1.29, 1.82) is 0 Å². The van der Waals surface area contributed by atoms with Crippen molar-refractivity contribution >= 4 is 11.4 Å². The summed E-state index contributed by atoms with van der Waals surface area (Å²) in [7, 11) is 0. The first-order valence-corrected chi connectivity index (χ1v) is 6.15. The van der Waals surface area contributed by atoms with Crippen LogP contribution in [0.3, 0.4) is 0 Å². The fourth-order valence-electron chi connectivity index (χ4n) is 1.83. The van der Waals surface area contributed by atoms with E-state index in [1.165, 1.54) is 18.2 Å². The number of benzene rings is 2. The van der Waals surface area contributed by atoms with E-state index in [0.717, 1.165) is 24.3 Å². The second-order valence-electron chi connectivity index (χ2n) is 4.50. The highest BCUT2D eigenvalue weighted by Crippen LogP contribution is 2.31. The molecule has 0 unspecified atom stereocenters. The second kappa shape index (κ2) is 5.92. The molecule has 0 aliphatic heterocycles. The largest absolute Gasteiger partial charge is 0.508 e.